The first-order valence-corrected chi connectivity index (χ1v) is 8.38. The van der Waals surface area contributed by atoms with Crippen LogP contribution in [-0.2, 0) is 9.53 Å². The molecule has 0 spiro atoms. The van der Waals surface area contributed by atoms with Crippen molar-refractivity contribution in [2.24, 2.45) is 0 Å². The average molecular weight is 320 g/mol. The first-order chi connectivity index (χ1) is 10.4. The Bertz CT molecular complexity index is 609. The highest BCUT2D eigenvalue weighted by Gasteiger charge is 2.28. The fraction of sp³-hybridized carbons (Fsp3) is 0.500. The Hall–Kier alpha value is -1.53. The van der Waals surface area contributed by atoms with Crippen molar-refractivity contribution in [3.05, 3.63) is 23.8 Å². The van der Waals surface area contributed by atoms with E-state index in [9.17, 15) is 9.59 Å². The third kappa shape index (κ3) is 2.98. The van der Waals surface area contributed by atoms with Crippen LogP contribution in [0, 0.1) is 0 Å². The van der Waals surface area contributed by atoms with E-state index in [-0.39, 0.29) is 29.3 Å². The maximum atomic E-state index is 12.7. The van der Waals surface area contributed by atoms with Gasteiger partial charge in [-0.25, -0.2) is 0 Å². The number of fused-ring (bicyclic) bond motifs is 1. The fourth-order valence-corrected chi connectivity index (χ4v) is 3.80. The number of nitrogens with zero attached hydrogens (tertiary/aromatic N) is 1. The first-order valence-electron chi connectivity index (χ1n) is 7.50. The van der Waals surface area contributed by atoms with Gasteiger partial charge in [0.1, 0.15) is 0 Å². The first kappa shape index (κ1) is 15.4. The summed E-state index contributed by atoms with van der Waals surface area (Å²) in [5.74, 6) is -0.0293. The second-order valence-corrected chi connectivity index (χ2v) is 7.31. The van der Waals surface area contributed by atoms with Crippen LogP contribution in [0.5, 0.6) is 0 Å². The molecule has 2 aliphatic heterocycles. The van der Waals surface area contributed by atoms with Crippen LogP contribution in [0.15, 0.2) is 23.1 Å². The van der Waals surface area contributed by atoms with E-state index in [1.807, 2.05) is 37.8 Å². The molecule has 1 aromatic carbocycles. The number of carbonyl (C=O) groups is 2. The highest BCUT2D eigenvalue weighted by atomic mass is 32.2. The predicted molar refractivity (Wildman–Crippen MR) is 86.3 cm³/mol. The Morgan fingerprint density at radius 1 is 1.27 bits per heavy atom. The summed E-state index contributed by atoms with van der Waals surface area (Å²) in [4.78, 5) is 27.3. The molecule has 0 aromatic heterocycles. The number of hydrogen-bond acceptors (Lipinski definition) is 4. The van der Waals surface area contributed by atoms with Crippen molar-refractivity contribution in [2.75, 3.05) is 18.4 Å². The summed E-state index contributed by atoms with van der Waals surface area (Å²) < 4.78 is 5.66. The Morgan fingerprint density at radius 3 is 2.64 bits per heavy atom. The summed E-state index contributed by atoms with van der Waals surface area (Å²) in [5, 5.41) is 2.77. The number of carbonyl (C=O) groups excluding carboxylic acids is 2. The molecular formula is C16H20N2O3S. The Balaban J connectivity index is 1.82. The van der Waals surface area contributed by atoms with E-state index in [2.05, 4.69) is 5.32 Å². The van der Waals surface area contributed by atoms with E-state index in [1.54, 1.807) is 6.07 Å². The number of hydrogen-bond donors (Lipinski definition) is 1. The van der Waals surface area contributed by atoms with E-state index in [0.29, 0.717) is 18.7 Å². The number of anilines is 1. The minimum absolute atomic E-state index is 0.0114. The van der Waals surface area contributed by atoms with Crippen molar-refractivity contribution in [1.29, 1.82) is 0 Å². The van der Waals surface area contributed by atoms with Crippen molar-refractivity contribution >= 4 is 29.3 Å². The molecular weight excluding hydrogens is 300 g/mol. The Morgan fingerprint density at radius 2 is 1.95 bits per heavy atom. The summed E-state index contributed by atoms with van der Waals surface area (Å²) in [6.07, 6.45) is 0.0860. The molecule has 2 aliphatic rings. The van der Waals surface area contributed by atoms with Gasteiger partial charge in [0.05, 0.1) is 23.1 Å². The maximum absolute atomic E-state index is 12.7. The molecule has 1 fully saturated rings. The smallest absolute Gasteiger partial charge is 0.254 e. The minimum Gasteiger partial charge on any atom is -0.372 e. The molecule has 118 valence electrons. The van der Waals surface area contributed by atoms with Crippen molar-refractivity contribution in [3.8, 4) is 0 Å². The number of benzene rings is 1. The normalized spacial score (nSPS) is 28.0. The van der Waals surface area contributed by atoms with Gasteiger partial charge in [0.15, 0.2) is 0 Å². The van der Waals surface area contributed by atoms with Crippen molar-refractivity contribution in [1.82, 2.24) is 4.90 Å². The molecule has 3 rings (SSSR count). The monoisotopic (exact) mass is 320 g/mol. The average Bonchev–Trinajstić information content (AvgIpc) is 2.46. The second-order valence-electron chi connectivity index (χ2n) is 5.93. The number of ether oxygens (including phenoxy) is 1. The summed E-state index contributed by atoms with van der Waals surface area (Å²) in [5.41, 5.74) is 1.34. The summed E-state index contributed by atoms with van der Waals surface area (Å²) in [6.45, 7) is 7.01. The van der Waals surface area contributed by atoms with Gasteiger partial charge in [-0.2, -0.15) is 0 Å². The Kier molecular flexibility index (Phi) is 4.14. The maximum Gasteiger partial charge on any atom is 0.254 e. The number of amides is 2. The number of morpholine rings is 1. The molecule has 2 heterocycles. The molecule has 1 saturated heterocycles. The highest BCUT2D eigenvalue weighted by molar-refractivity contribution is 8.00. The predicted octanol–water partition coefficient (Wildman–Crippen LogP) is 2.37. The van der Waals surface area contributed by atoms with E-state index in [1.165, 1.54) is 11.8 Å². The Labute approximate surface area is 134 Å². The summed E-state index contributed by atoms with van der Waals surface area (Å²) >= 11 is 1.52. The molecule has 0 radical (unpaired) electrons. The molecule has 0 saturated carbocycles. The topological polar surface area (TPSA) is 58.6 Å². The summed E-state index contributed by atoms with van der Waals surface area (Å²) in [7, 11) is 0. The molecule has 3 unspecified atom stereocenters. The van der Waals surface area contributed by atoms with Crippen LogP contribution >= 0.6 is 11.8 Å². The van der Waals surface area contributed by atoms with Crippen LogP contribution in [-0.4, -0.2) is 47.3 Å². The van der Waals surface area contributed by atoms with Crippen molar-refractivity contribution < 1.29 is 14.3 Å². The van der Waals surface area contributed by atoms with E-state index in [4.69, 9.17) is 4.74 Å². The lowest BCUT2D eigenvalue weighted by atomic mass is 10.1. The van der Waals surface area contributed by atoms with Gasteiger partial charge in [0, 0.05) is 23.5 Å². The van der Waals surface area contributed by atoms with Crippen LogP contribution < -0.4 is 5.32 Å². The molecule has 1 N–H and O–H groups in total. The van der Waals surface area contributed by atoms with Gasteiger partial charge in [-0.1, -0.05) is 0 Å². The lowest BCUT2D eigenvalue weighted by Gasteiger charge is -2.35. The molecule has 0 bridgehead atoms. The van der Waals surface area contributed by atoms with Gasteiger partial charge >= 0.3 is 0 Å². The standard InChI is InChI=1S/C16H20N2O3S/c1-9-7-18(8-10(2)21-9)16(20)12-4-5-14-13(6-12)17-15(19)11(3)22-14/h4-6,9-11H,7-8H2,1-3H3,(H,17,19). The van der Waals surface area contributed by atoms with Crippen LogP contribution in [0.1, 0.15) is 31.1 Å². The molecule has 2 amide bonds. The number of rotatable bonds is 1. The molecule has 3 atom stereocenters. The molecule has 1 aromatic rings. The lowest BCUT2D eigenvalue weighted by molar-refractivity contribution is -0.115. The fourth-order valence-electron chi connectivity index (χ4n) is 2.87. The zero-order valence-electron chi connectivity index (χ0n) is 13.0. The summed E-state index contributed by atoms with van der Waals surface area (Å²) in [6, 6.07) is 5.53. The minimum atomic E-state index is -0.102. The zero-order chi connectivity index (χ0) is 15.9. The third-order valence-electron chi connectivity index (χ3n) is 3.86. The highest BCUT2D eigenvalue weighted by Crippen LogP contribution is 2.36. The zero-order valence-corrected chi connectivity index (χ0v) is 13.8. The second kappa shape index (κ2) is 5.93. The number of nitrogens with one attached hydrogen (secondary N) is 1. The van der Waals surface area contributed by atoms with E-state index in [0.717, 1.165) is 10.6 Å². The largest absolute Gasteiger partial charge is 0.372 e. The van der Waals surface area contributed by atoms with Crippen LogP contribution in [0.4, 0.5) is 5.69 Å². The van der Waals surface area contributed by atoms with Crippen molar-refractivity contribution in [2.45, 2.75) is 43.1 Å². The van der Waals surface area contributed by atoms with Gasteiger partial charge < -0.3 is 15.0 Å². The molecule has 6 heteroatoms. The van der Waals surface area contributed by atoms with Gasteiger partial charge in [0.2, 0.25) is 5.91 Å². The molecule has 0 aliphatic carbocycles. The van der Waals surface area contributed by atoms with E-state index >= 15 is 0 Å². The SMILES string of the molecule is CC1CN(C(=O)c2ccc3c(c2)NC(=O)C(C)S3)CC(C)O1. The van der Waals surface area contributed by atoms with Crippen LogP contribution in [0.25, 0.3) is 0 Å². The van der Waals surface area contributed by atoms with E-state index < -0.39 is 0 Å². The molecule has 22 heavy (non-hydrogen) atoms. The van der Waals surface area contributed by atoms with Crippen LogP contribution in [0.3, 0.4) is 0 Å². The van der Waals surface area contributed by atoms with Crippen LogP contribution in [0.2, 0.25) is 0 Å². The number of thioether (sulfide) groups is 1. The van der Waals surface area contributed by atoms with Gasteiger partial charge in [0.25, 0.3) is 5.91 Å². The quantitative estimate of drug-likeness (QED) is 0.863. The van der Waals surface area contributed by atoms with Crippen molar-refractivity contribution in [3.63, 3.8) is 0 Å². The van der Waals surface area contributed by atoms with Gasteiger partial charge in [-0.3, -0.25) is 9.59 Å². The van der Waals surface area contributed by atoms with Gasteiger partial charge in [-0.05, 0) is 39.0 Å². The lowest BCUT2D eigenvalue weighted by Crippen LogP contribution is -2.48. The van der Waals surface area contributed by atoms with Gasteiger partial charge in [-0.15, -0.1) is 11.8 Å². The third-order valence-corrected chi connectivity index (χ3v) is 5.04. The molecule has 5 nitrogen and oxygen atoms in total.